The molecule has 1 unspecified atom stereocenters. The number of unbranched alkanes of at least 4 members (excludes halogenated alkanes) is 1. The molecule has 0 rings (SSSR count). The van der Waals surface area contributed by atoms with Crippen LogP contribution in [0.4, 0.5) is 0 Å². The lowest BCUT2D eigenvalue weighted by molar-refractivity contribution is 0.0674. The van der Waals surface area contributed by atoms with Crippen molar-refractivity contribution in [1.82, 2.24) is 0 Å². The number of aliphatic hydroxyl groups is 2. The molecule has 0 bridgehead atoms. The van der Waals surface area contributed by atoms with Gasteiger partial charge in [-0.2, -0.15) is 0 Å². The summed E-state index contributed by atoms with van der Waals surface area (Å²) in [6.45, 7) is 6.00. The minimum absolute atomic E-state index is 0.280. The summed E-state index contributed by atoms with van der Waals surface area (Å²) >= 11 is 0. The SMILES string of the molecule is CC(CO)CCCCC(C)(C)O. The lowest BCUT2D eigenvalue weighted by atomic mass is 9.98. The normalized spacial score (nSPS) is 14.8. The molecule has 0 aromatic rings. The molecule has 74 valence electrons. The summed E-state index contributed by atoms with van der Waals surface area (Å²) in [5, 5.41) is 18.1. The number of rotatable bonds is 6. The first-order valence-electron chi connectivity index (χ1n) is 4.79. The topological polar surface area (TPSA) is 40.5 Å². The fraction of sp³-hybridized carbons (Fsp3) is 1.00. The minimum atomic E-state index is -0.525. The Morgan fingerprint density at radius 3 is 2.25 bits per heavy atom. The van der Waals surface area contributed by atoms with Gasteiger partial charge in [0.2, 0.25) is 0 Å². The maximum absolute atomic E-state index is 9.39. The molecule has 0 aromatic heterocycles. The summed E-state index contributed by atoms with van der Waals surface area (Å²) in [5.41, 5.74) is -0.525. The van der Waals surface area contributed by atoms with Gasteiger partial charge in [-0.3, -0.25) is 0 Å². The molecule has 2 heteroatoms. The number of hydrogen-bond acceptors (Lipinski definition) is 2. The van der Waals surface area contributed by atoms with Crippen LogP contribution in [-0.4, -0.2) is 22.4 Å². The zero-order valence-electron chi connectivity index (χ0n) is 8.51. The van der Waals surface area contributed by atoms with E-state index in [9.17, 15) is 5.11 Å². The minimum Gasteiger partial charge on any atom is -0.396 e. The molecule has 0 radical (unpaired) electrons. The Bertz CT molecular complexity index is 105. The van der Waals surface area contributed by atoms with Crippen molar-refractivity contribution < 1.29 is 10.2 Å². The molecule has 0 saturated carbocycles. The molecule has 2 N–H and O–H groups in total. The predicted octanol–water partition coefficient (Wildman–Crippen LogP) is 1.95. The van der Waals surface area contributed by atoms with E-state index in [-0.39, 0.29) is 6.61 Å². The summed E-state index contributed by atoms with van der Waals surface area (Å²) in [6.07, 6.45) is 4.07. The third kappa shape index (κ3) is 8.02. The molecule has 0 aliphatic carbocycles. The molecule has 0 aliphatic heterocycles. The van der Waals surface area contributed by atoms with Gasteiger partial charge in [-0.05, 0) is 32.6 Å². The molecule has 0 amide bonds. The van der Waals surface area contributed by atoms with E-state index in [1.54, 1.807) is 0 Å². The van der Waals surface area contributed by atoms with Gasteiger partial charge in [0.15, 0.2) is 0 Å². The Balaban J connectivity index is 3.22. The van der Waals surface area contributed by atoms with Crippen molar-refractivity contribution in [3.8, 4) is 0 Å². The smallest absolute Gasteiger partial charge is 0.0591 e. The summed E-state index contributed by atoms with van der Waals surface area (Å²) in [6, 6.07) is 0. The summed E-state index contributed by atoms with van der Waals surface area (Å²) in [5.74, 6) is 0.409. The molecular weight excluding hydrogens is 152 g/mol. The van der Waals surface area contributed by atoms with Crippen LogP contribution >= 0.6 is 0 Å². The van der Waals surface area contributed by atoms with Crippen molar-refractivity contribution >= 4 is 0 Å². The quantitative estimate of drug-likeness (QED) is 0.604. The molecule has 0 fully saturated rings. The van der Waals surface area contributed by atoms with E-state index in [0.717, 1.165) is 25.7 Å². The average Bonchev–Trinajstić information content (AvgIpc) is 1.96. The van der Waals surface area contributed by atoms with Crippen molar-refractivity contribution in [3.63, 3.8) is 0 Å². The van der Waals surface area contributed by atoms with Crippen molar-refractivity contribution in [2.75, 3.05) is 6.61 Å². The summed E-state index contributed by atoms with van der Waals surface area (Å²) < 4.78 is 0. The summed E-state index contributed by atoms with van der Waals surface area (Å²) in [7, 11) is 0. The lowest BCUT2D eigenvalue weighted by Gasteiger charge is -2.16. The first-order valence-corrected chi connectivity index (χ1v) is 4.79. The standard InChI is InChI=1S/C10H22O2/c1-9(8-11)6-4-5-7-10(2,3)12/h9,11-12H,4-8H2,1-3H3. The Morgan fingerprint density at radius 1 is 1.25 bits per heavy atom. The second kappa shape index (κ2) is 5.55. The van der Waals surface area contributed by atoms with Gasteiger partial charge in [0.1, 0.15) is 0 Å². The van der Waals surface area contributed by atoms with Gasteiger partial charge < -0.3 is 10.2 Å². The molecule has 12 heavy (non-hydrogen) atoms. The highest BCUT2D eigenvalue weighted by Gasteiger charge is 2.11. The zero-order chi connectivity index (χ0) is 9.61. The van der Waals surface area contributed by atoms with Crippen LogP contribution in [0.15, 0.2) is 0 Å². The Labute approximate surface area is 75.6 Å². The fourth-order valence-corrected chi connectivity index (χ4v) is 1.14. The van der Waals surface area contributed by atoms with Crippen LogP contribution in [0.2, 0.25) is 0 Å². The molecular formula is C10H22O2. The second-order valence-corrected chi connectivity index (χ2v) is 4.35. The van der Waals surface area contributed by atoms with E-state index in [1.165, 1.54) is 0 Å². The van der Waals surface area contributed by atoms with Gasteiger partial charge in [0.25, 0.3) is 0 Å². The third-order valence-corrected chi connectivity index (χ3v) is 2.05. The van der Waals surface area contributed by atoms with Gasteiger partial charge in [-0.25, -0.2) is 0 Å². The Kier molecular flexibility index (Phi) is 5.51. The highest BCUT2D eigenvalue weighted by Crippen LogP contribution is 2.15. The first kappa shape index (κ1) is 11.9. The maximum Gasteiger partial charge on any atom is 0.0591 e. The van der Waals surface area contributed by atoms with E-state index >= 15 is 0 Å². The van der Waals surface area contributed by atoms with E-state index in [1.807, 2.05) is 20.8 Å². The highest BCUT2D eigenvalue weighted by molar-refractivity contribution is 4.64. The summed E-state index contributed by atoms with van der Waals surface area (Å²) in [4.78, 5) is 0. The molecule has 1 atom stereocenters. The Hall–Kier alpha value is -0.0800. The molecule has 0 spiro atoms. The van der Waals surface area contributed by atoms with Crippen LogP contribution in [0.1, 0.15) is 46.5 Å². The van der Waals surface area contributed by atoms with Gasteiger partial charge in [0, 0.05) is 6.61 Å². The molecule has 0 saturated heterocycles. The second-order valence-electron chi connectivity index (χ2n) is 4.35. The molecule has 0 aromatic carbocycles. The van der Waals surface area contributed by atoms with Crippen molar-refractivity contribution in [2.45, 2.75) is 52.1 Å². The first-order chi connectivity index (χ1) is 5.45. The van der Waals surface area contributed by atoms with Crippen molar-refractivity contribution in [1.29, 1.82) is 0 Å². The largest absolute Gasteiger partial charge is 0.396 e. The highest BCUT2D eigenvalue weighted by atomic mass is 16.3. The third-order valence-electron chi connectivity index (χ3n) is 2.05. The van der Waals surface area contributed by atoms with Crippen LogP contribution in [0.25, 0.3) is 0 Å². The van der Waals surface area contributed by atoms with Crippen LogP contribution in [0.5, 0.6) is 0 Å². The van der Waals surface area contributed by atoms with Crippen molar-refractivity contribution in [3.05, 3.63) is 0 Å². The predicted molar refractivity (Wildman–Crippen MR) is 51.0 cm³/mol. The fourth-order valence-electron chi connectivity index (χ4n) is 1.14. The zero-order valence-corrected chi connectivity index (χ0v) is 8.51. The monoisotopic (exact) mass is 174 g/mol. The van der Waals surface area contributed by atoms with Crippen LogP contribution in [-0.2, 0) is 0 Å². The van der Waals surface area contributed by atoms with Gasteiger partial charge in [0.05, 0.1) is 5.60 Å². The molecule has 0 aliphatic rings. The van der Waals surface area contributed by atoms with Crippen LogP contribution < -0.4 is 0 Å². The Morgan fingerprint density at radius 2 is 1.83 bits per heavy atom. The van der Waals surface area contributed by atoms with Crippen molar-refractivity contribution in [2.24, 2.45) is 5.92 Å². The number of aliphatic hydroxyl groups excluding tert-OH is 1. The maximum atomic E-state index is 9.39. The molecule has 2 nitrogen and oxygen atoms in total. The lowest BCUT2D eigenvalue weighted by Crippen LogP contribution is -2.17. The van der Waals surface area contributed by atoms with Gasteiger partial charge in [-0.1, -0.05) is 19.8 Å². The van der Waals surface area contributed by atoms with E-state index in [4.69, 9.17) is 5.11 Å². The van der Waals surface area contributed by atoms with Crippen LogP contribution in [0.3, 0.4) is 0 Å². The van der Waals surface area contributed by atoms with E-state index < -0.39 is 5.60 Å². The number of hydrogen-bond donors (Lipinski definition) is 2. The van der Waals surface area contributed by atoms with E-state index in [0.29, 0.717) is 5.92 Å². The van der Waals surface area contributed by atoms with Gasteiger partial charge >= 0.3 is 0 Å². The van der Waals surface area contributed by atoms with Gasteiger partial charge in [-0.15, -0.1) is 0 Å². The average molecular weight is 174 g/mol. The van der Waals surface area contributed by atoms with Crippen LogP contribution in [0, 0.1) is 5.92 Å². The molecule has 0 heterocycles. The van der Waals surface area contributed by atoms with E-state index in [2.05, 4.69) is 0 Å².